The van der Waals surface area contributed by atoms with Crippen molar-refractivity contribution < 1.29 is 0 Å². The van der Waals surface area contributed by atoms with E-state index >= 15 is 0 Å². The van der Waals surface area contributed by atoms with Gasteiger partial charge in [0.2, 0.25) is 0 Å². The average molecular weight is 348 g/mol. The van der Waals surface area contributed by atoms with Crippen molar-refractivity contribution in [3.05, 3.63) is 45.7 Å². The highest BCUT2D eigenvalue weighted by molar-refractivity contribution is 9.08. The average Bonchev–Trinajstić information content (AvgIpc) is 2.76. The van der Waals surface area contributed by atoms with Crippen molar-refractivity contribution in [2.24, 2.45) is 0 Å². The second-order valence-corrected chi connectivity index (χ2v) is 5.73. The molecule has 1 heterocycles. The number of hydrogen-bond acceptors (Lipinski definition) is 1. The Hall–Kier alpha value is -0.510. The molecule has 0 saturated heterocycles. The van der Waals surface area contributed by atoms with E-state index < -0.39 is 0 Å². The Labute approximate surface area is 125 Å². The lowest BCUT2D eigenvalue weighted by Crippen LogP contribution is -2.05. The van der Waals surface area contributed by atoms with E-state index in [1.54, 1.807) is 6.07 Å². The monoisotopic (exact) mass is 346 g/mol. The molecular formula is C13H13BrCl2N2. The van der Waals surface area contributed by atoms with Gasteiger partial charge in [-0.2, -0.15) is 5.10 Å². The molecule has 0 amide bonds. The van der Waals surface area contributed by atoms with Crippen LogP contribution >= 0.6 is 39.1 Å². The summed E-state index contributed by atoms with van der Waals surface area (Å²) in [7, 11) is 0. The molecular weight excluding hydrogens is 335 g/mol. The van der Waals surface area contributed by atoms with Crippen molar-refractivity contribution in [3.63, 3.8) is 0 Å². The highest BCUT2D eigenvalue weighted by Crippen LogP contribution is 2.28. The lowest BCUT2D eigenvalue weighted by atomic mass is 10.1. The summed E-state index contributed by atoms with van der Waals surface area (Å²) in [5.41, 5.74) is 3.31. The van der Waals surface area contributed by atoms with Crippen LogP contribution in [-0.4, -0.2) is 9.78 Å². The van der Waals surface area contributed by atoms with E-state index in [1.165, 1.54) is 11.3 Å². The molecule has 0 spiro atoms. The zero-order valence-electron chi connectivity index (χ0n) is 10.1. The molecule has 0 unspecified atom stereocenters. The van der Waals surface area contributed by atoms with Crippen molar-refractivity contribution in [2.75, 3.05) is 0 Å². The Morgan fingerprint density at radius 3 is 2.56 bits per heavy atom. The quantitative estimate of drug-likeness (QED) is 0.698. The van der Waals surface area contributed by atoms with Crippen LogP contribution < -0.4 is 0 Å². The first kappa shape index (κ1) is 13.9. The van der Waals surface area contributed by atoms with Crippen LogP contribution in [0.25, 0.3) is 5.69 Å². The summed E-state index contributed by atoms with van der Waals surface area (Å²) < 4.78 is 1.92. The SMILES string of the molecule is CC(C)c1c(CBr)cnn1-c1ccc(Cl)c(Cl)c1. The van der Waals surface area contributed by atoms with Gasteiger partial charge in [0.25, 0.3) is 0 Å². The molecule has 2 aromatic rings. The van der Waals surface area contributed by atoms with Gasteiger partial charge in [-0.25, -0.2) is 4.68 Å². The number of rotatable bonds is 3. The van der Waals surface area contributed by atoms with Crippen molar-refractivity contribution in [1.29, 1.82) is 0 Å². The summed E-state index contributed by atoms with van der Waals surface area (Å²) >= 11 is 15.5. The Kier molecular flexibility index (Phi) is 4.36. The topological polar surface area (TPSA) is 17.8 Å². The summed E-state index contributed by atoms with van der Waals surface area (Å²) in [4.78, 5) is 0. The Morgan fingerprint density at radius 2 is 2.00 bits per heavy atom. The van der Waals surface area contributed by atoms with Crippen molar-refractivity contribution >= 4 is 39.1 Å². The van der Waals surface area contributed by atoms with E-state index in [2.05, 4.69) is 34.9 Å². The van der Waals surface area contributed by atoms with Crippen LogP contribution in [0.3, 0.4) is 0 Å². The lowest BCUT2D eigenvalue weighted by Gasteiger charge is -2.12. The van der Waals surface area contributed by atoms with Crippen LogP contribution in [0.1, 0.15) is 31.0 Å². The number of halogens is 3. The maximum Gasteiger partial charge on any atom is 0.0664 e. The molecule has 2 nitrogen and oxygen atoms in total. The normalized spacial score (nSPS) is 11.2. The van der Waals surface area contributed by atoms with Crippen molar-refractivity contribution in [1.82, 2.24) is 9.78 Å². The summed E-state index contributed by atoms with van der Waals surface area (Å²) in [6.07, 6.45) is 1.88. The maximum absolute atomic E-state index is 6.05. The molecule has 0 N–H and O–H groups in total. The maximum atomic E-state index is 6.05. The Balaban J connectivity index is 2.56. The zero-order chi connectivity index (χ0) is 13.3. The smallest absolute Gasteiger partial charge is 0.0664 e. The largest absolute Gasteiger partial charge is 0.237 e. The first-order chi connectivity index (χ1) is 8.54. The molecule has 0 aliphatic heterocycles. The Morgan fingerprint density at radius 1 is 1.28 bits per heavy atom. The third-order valence-electron chi connectivity index (χ3n) is 2.72. The minimum Gasteiger partial charge on any atom is -0.237 e. The van der Waals surface area contributed by atoms with Gasteiger partial charge in [0.05, 0.1) is 27.6 Å². The van der Waals surface area contributed by atoms with Crippen LogP contribution in [0.15, 0.2) is 24.4 Å². The van der Waals surface area contributed by atoms with Gasteiger partial charge in [0.15, 0.2) is 0 Å². The zero-order valence-corrected chi connectivity index (χ0v) is 13.2. The first-order valence-electron chi connectivity index (χ1n) is 5.62. The van der Waals surface area contributed by atoms with Gasteiger partial charge in [-0.3, -0.25) is 0 Å². The molecule has 0 fully saturated rings. The van der Waals surface area contributed by atoms with Gasteiger partial charge in [-0.15, -0.1) is 0 Å². The van der Waals surface area contributed by atoms with Crippen LogP contribution in [0, 0.1) is 0 Å². The number of alkyl halides is 1. The first-order valence-corrected chi connectivity index (χ1v) is 7.50. The molecule has 2 rings (SSSR count). The van der Waals surface area contributed by atoms with E-state index in [0.717, 1.165) is 11.0 Å². The third kappa shape index (κ3) is 2.58. The fourth-order valence-electron chi connectivity index (χ4n) is 1.93. The number of hydrogen-bond donors (Lipinski definition) is 0. The van der Waals surface area contributed by atoms with E-state index in [4.69, 9.17) is 23.2 Å². The summed E-state index contributed by atoms with van der Waals surface area (Å²) in [5, 5.41) is 6.32. The van der Waals surface area contributed by atoms with Crippen LogP contribution in [-0.2, 0) is 5.33 Å². The van der Waals surface area contributed by atoms with Gasteiger partial charge in [-0.1, -0.05) is 53.0 Å². The molecule has 0 saturated carbocycles. The molecule has 18 heavy (non-hydrogen) atoms. The van der Waals surface area contributed by atoms with Crippen LogP contribution in [0.5, 0.6) is 0 Å². The second kappa shape index (κ2) is 5.64. The predicted molar refractivity (Wildman–Crippen MR) is 80.3 cm³/mol. The van der Waals surface area contributed by atoms with E-state index in [9.17, 15) is 0 Å². The van der Waals surface area contributed by atoms with Gasteiger partial charge in [0.1, 0.15) is 0 Å². The minimum atomic E-state index is 0.384. The molecule has 0 aliphatic carbocycles. The van der Waals surface area contributed by atoms with Crippen molar-refractivity contribution in [2.45, 2.75) is 25.1 Å². The summed E-state index contributed by atoms with van der Waals surface area (Å²) in [6, 6.07) is 5.55. The number of nitrogens with zero attached hydrogens (tertiary/aromatic N) is 2. The molecule has 0 atom stereocenters. The molecule has 0 radical (unpaired) electrons. The highest BCUT2D eigenvalue weighted by atomic mass is 79.9. The van der Waals surface area contributed by atoms with Gasteiger partial charge < -0.3 is 0 Å². The minimum absolute atomic E-state index is 0.384. The fourth-order valence-corrected chi connectivity index (χ4v) is 2.66. The molecule has 0 aliphatic rings. The second-order valence-electron chi connectivity index (χ2n) is 4.35. The van der Waals surface area contributed by atoms with Crippen LogP contribution in [0.4, 0.5) is 0 Å². The van der Waals surface area contributed by atoms with Gasteiger partial charge in [0, 0.05) is 10.9 Å². The van der Waals surface area contributed by atoms with E-state index in [1.807, 2.05) is 23.0 Å². The standard InChI is InChI=1S/C13H13BrCl2N2/c1-8(2)13-9(6-14)7-17-18(13)10-3-4-11(15)12(16)5-10/h3-5,7-8H,6H2,1-2H3. The summed E-state index contributed by atoms with van der Waals surface area (Å²) in [5.74, 6) is 0.384. The lowest BCUT2D eigenvalue weighted by molar-refractivity contribution is 0.730. The van der Waals surface area contributed by atoms with E-state index in [0.29, 0.717) is 16.0 Å². The molecule has 0 bridgehead atoms. The molecule has 96 valence electrons. The molecule has 1 aromatic heterocycles. The van der Waals surface area contributed by atoms with Crippen LogP contribution in [0.2, 0.25) is 10.0 Å². The fraction of sp³-hybridized carbons (Fsp3) is 0.308. The summed E-state index contributed by atoms with van der Waals surface area (Å²) in [6.45, 7) is 4.30. The highest BCUT2D eigenvalue weighted by Gasteiger charge is 2.15. The van der Waals surface area contributed by atoms with Gasteiger partial charge >= 0.3 is 0 Å². The Bertz CT molecular complexity index is 564. The molecule has 5 heteroatoms. The third-order valence-corrected chi connectivity index (χ3v) is 4.07. The number of aromatic nitrogens is 2. The number of benzene rings is 1. The van der Waals surface area contributed by atoms with E-state index in [-0.39, 0.29) is 0 Å². The van der Waals surface area contributed by atoms with Crippen molar-refractivity contribution in [3.8, 4) is 5.69 Å². The van der Waals surface area contributed by atoms with Gasteiger partial charge in [-0.05, 0) is 24.1 Å². The predicted octanol–water partition coefficient (Wildman–Crippen LogP) is 5.20. The molecule has 1 aromatic carbocycles.